The molecule has 0 unspecified atom stereocenters. The van der Waals surface area contributed by atoms with Crippen molar-refractivity contribution >= 4 is 34.6 Å². The molecule has 36 heavy (non-hydrogen) atoms. The summed E-state index contributed by atoms with van der Waals surface area (Å²) in [4.78, 5) is 25.5. The standard InChI is InChI=1S/C27H31N7O2/c1-6-26(35)29-21-15-22(24(36-5)16-23(21)33(4)13-12-32(2)3)30-27-28-18-34-17-20(14-25(34)31-27)19-10-8-7-9-11-19/h6-11,14-18H,1,12-13H2,2-5H3,(H,29,35)(H,30,31). The number of fused-ring (bicyclic) bond motifs is 1. The Morgan fingerprint density at radius 1 is 1.08 bits per heavy atom. The van der Waals surface area contributed by atoms with Gasteiger partial charge in [-0.05, 0) is 37.9 Å². The molecule has 2 heterocycles. The van der Waals surface area contributed by atoms with Crippen molar-refractivity contribution < 1.29 is 9.53 Å². The third kappa shape index (κ3) is 5.64. The van der Waals surface area contributed by atoms with Crippen LogP contribution in [0.2, 0.25) is 0 Å². The Kier molecular flexibility index (Phi) is 7.50. The SMILES string of the molecule is C=CC(=O)Nc1cc(Nc2ncn3cc(-c4ccccc4)cc3n2)c(OC)cc1N(C)CCN(C)C. The molecule has 186 valence electrons. The Balaban J connectivity index is 1.67. The monoisotopic (exact) mass is 485 g/mol. The van der Waals surface area contributed by atoms with E-state index in [4.69, 9.17) is 4.74 Å². The van der Waals surface area contributed by atoms with E-state index in [0.717, 1.165) is 35.6 Å². The molecule has 0 radical (unpaired) electrons. The molecule has 1 amide bonds. The number of amides is 1. The number of benzene rings is 2. The van der Waals surface area contributed by atoms with Gasteiger partial charge in [0.15, 0.2) is 0 Å². The lowest BCUT2D eigenvalue weighted by Gasteiger charge is -2.25. The van der Waals surface area contributed by atoms with Crippen molar-refractivity contribution in [3.63, 3.8) is 0 Å². The van der Waals surface area contributed by atoms with E-state index in [1.165, 1.54) is 6.08 Å². The molecule has 0 aliphatic rings. The molecule has 0 fully saturated rings. The fourth-order valence-corrected chi connectivity index (χ4v) is 3.78. The van der Waals surface area contributed by atoms with Crippen LogP contribution in [0.5, 0.6) is 5.75 Å². The van der Waals surface area contributed by atoms with E-state index in [0.29, 0.717) is 23.1 Å². The number of nitrogens with one attached hydrogen (secondary N) is 2. The predicted octanol–water partition coefficient (Wildman–Crippen LogP) is 4.27. The second kappa shape index (κ2) is 10.9. The summed E-state index contributed by atoms with van der Waals surface area (Å²) in [6.45, 7) is 5.19. The summed E-state index contributed by atoms with van der Waals surface area (Å²) in [5.41, 5.74) is 4.99. The first-order valence-electron chi connectivity index (χ1n) is 11.6. The number of hydrogen-bond donors (Lipinski definition) is 2. The van der Waals surface area contributed by atoms with E-state index in [9.17, 15) is 4.79 Å². The highest BCUT2D eigenvalue weighted by Crippen LogP contribution is 2.38. The number of carbonyl (C=O) groups excluding carboxylic acids is 1. The van der Waals surface area contributed by atoms with Crippen LogP contribution in [0.25, 0.3) is 16.8 Å². The van der Waals surface area contributed by atoms with Crippen LogP contribution in [0.4, 0.5) is 23.0 Å². The summed E-state index contributed by atoms with van der Waals surface area (Å²) in [7, 11) is 7.62. The molecule has 0 bridgehead atoms. The zero-order chi connectivity index (χ0) is 25.7. The van der Waals surface area contributed by atoms with Gasteiger partial charge in [-0.15, -0.1) is 0 Å². The minimum absolute atomic E-state index is 0.298. The Morgan fingerprint density at radius 2 is 1.86 bits per heavy atom. The number of nitrogens with zero attached hydrogens (tertiary/aromatic N) is 5. The van der Waals surface area contributed by atoms with Crippen LogP contribution in [0, 0.1) is 0 Å². The molecule has 4 aromatic rings. The van der Waals surface area contributed by atoms with Crippen LogP contribution in [0.1, 0.15) is 0 Å². The van der Waals surface area contributed by atoms with Gasteiger partial charge in [-0.1, -0.05) is 36.9 Å². The number of hydrogen-bond acceptors (Lipinski definition) is 7. The number of ether oxygens (including phenoxy) is 1. The maximum Gasteiger partial charge on any atom is 0.247 e. The van der Waals surface area contributed by atoms with Gasteiger partial charge in [0.1, 0.15) is 17.7 Å². The average Bonchev–Trinajstić information content (AvgIpc) is 3.31. The van der Waals surface area contributed by atoms with Gasteiger partial charge in [0.2, 0.25) is 11.9 Å². The van der Waals surface area contributed by atoms with Crippen molar-refractivity contribution in [2.24, 2.45) is 0 Å². The molecule has 2 aromatic carbocycles. The first-order valence-corrected chi connectivity index (χ1v) is 11.6. The molecule has 9 heteroatoms. The van der Waals surface area contributed by atoms with Gasteiger partial charge in [0, 0.05) is 38.0 Å². The van der Waals surface area contributed by atoms with Crippen molar-refractivity contribution in [1.82, 2.24) is 19.3 Å². The van der Waals surface area contributed by atoms with E-state index >= 15 is 0 Å². The molecule has 0 saturated heterocycles. The fourth-order valence-electron chi connectivity index (χ4n) is 3.78. The maximum absolute atomic E-state index is 12.2. The van der Waals surface area contributed by atoms with Crippen molar-refractivity contribution in [3.8, 4) is 16.9 Å². The van der Waals surface area contributed by atoms with E-state index < -0.39 is 0 Å². The topological polar surface area (TPSA) is 87.0 Å². The van der Waals surface area contributed by atoms with E-state index in [1.807, 2.05) is 68.1 Å². The largest absolute Gasteiger partial charge is 0.494 e. The van der Waals surface area contributed by atoms with E-state index in [2.05, 4.69) is 49.1 Å². The highest BCUT2D eigenvalue weighted by Gasteiger charge is 2.17. The molecule has 0 spiro atoms. The molecule has 9 nitrogen and oxygen atoms in total. The molecule has 2 N–H and O–H groups in total. The zero-order valence-electron chi connectivity index (χ0n) is 21.0. The van der Waals surface area contributed by atoms with Gasteiger partial charge in [-0.3, -0.25) is 9.20 Å². The lowest BCUT2D eigenvalue weighted by atomic mass is 10.1. The van der Waals surface area contributed by atoms with E-state index in [1.54, 1.807) is 13.4 Å². The number of likely N-dealkylation sites (N-methyl/N-ethyl adjacent to an activating group) is 2. The van der Waals surface area contributed by atoms with Crippen molar-refractivity contribution in [3.05, 3.63) is 73.7 Å². The normalized spacial score (nSPS) is 10.9. The molecular weight excluding hydrogens is 454 g/mol. The molecule has 0 saturated carbocycles. The smallest absolute Gasteiger partial charge is 0.247 e. The second-order valence-electron chi connectivity index (χ2n) is 8.65. The van der Waals surface area contributed by atoms with Crippen LogP contribution < -0.4 is 20.3 Å². The number of rotatable bonds is 10. The highest BCUT2D eigenvalue weighted by molar-refractivity contribution is 6.02. The predicted molar refractivity (Wildman–Crippen MR) is 145 cm³/mol. The average molecular weight is 486 g/mol. The Hall–Kier alpha value is -4.37. The number of aromatic nitrogens is 3. The molecule has 0 aliphatic carbocycles. The Morgan fingerprint density at radius 3 is 2.56 bits per heavy atom. The fraction of sp³-hybridized carbons (Fsp3) is 0.222. The lowest BCUT2D eigenvalue weighted by molar-refractivity contribution is -0.111. The van der Waals surface area contributed by atoms with Gasteiger partial charge in [-0.2, -0.15) is 4.98 Å². The van der Waals surface area contributed by atoms with Gasteiger partial charge >= 0.3 is 0 Å². The molecule has 2 aromatic heterocycles. The summed E-state index contributed by atoms with van der Waals surface area (Å²) in [6, 6.07) is 15.8. The van der Waals surface area contributed by atoms with Crippen LogP contribution in [0.15, 0.2) is 73.7 Å². The molecule has 4 rings (SSSR count). The summed E-state index contributed by atoms with van der Waals surface area (Å²) in [5, 5.41) is 6.15. The number of methoxy groups -OCH3 is 1. The lowest BCUT2D eigenvalue weighted by Crippen LogP contribution is -2.29. The Labute approximate surface area is 211 Å². The van der Waals surface area contributed by atoms with Gasteiger partial charge < -0.3 is 25.2 Å². The van der Waals surface area contributed by atoms with Crippen molar-refractivity contribution in [2.45, 2.75) is 0 Å². The third-order valence-corrected chi connectivity index (χ3v) is 5.76. The number of anilines is 4. The van der Waals surface area contributed by atoms with Crippen LogP contribution in [-0.2, 0) is 4.79 Å². The third-order valence-electron chi connectivity index (χ3n) is 5.76. The summed E-state index contributed by atoms with van der Waals surface area (Å²) >= 11 is 0. The van der Waals surface area contributed by atoms with Crippen LogP contribution in [-0.4, -0.2) is 66.5 Å². The Bertz CT molecular complexity index is 1370. The quantitative estimate of drug-likeness (QED) is 0.324. The summed E-state index contributed by atoms with van der Waals surface area (Å²) < 4.78 is 7.55. The van der Waals surface area contributed by atoms with Crippen molar-refractivity contribution in [1.29, 1.82) is 0 Å². The molecule has 0 atom stereocenters. The highest BCUT2D eigenvalue weighted by atomic mass is 16.5. The van der Waals surface area contributed by atoms with E-state index in [-0.39, 0.29) is 5.91 Å². The minimum atomic E-state index is -0.298. The first-order chi connectivity index (χ1) is 17.4. The molecular formula is C27H31N7O2. The first kappa shape index (κ1) is 24.7. The van der Waals surface area contributed by atoms with Gasteiger partial charge in [0.25, 0.3) is 0 Å². The number of carbonyl (C=O) groups is 1. The van der Waals surface area contributed by atoms with Gasteiger partial charge in [0.05, 0.1) is 24.2 Å². The van der Waals surface area contributed by atoms with Crippen LogP contribution in [0.3, 0.4) is 0 Å². The van der Waals surface area contributed by atoms with Gasteiger partial charge in [-0.25, -0.2) is 4.98 Å². The van der Waals surface area contributed by atoms with Crippen molar-refractivity contribution in [2.75, 3.05) is 56.9 Å². The minimum Gasteiger partial charge on any atom is -0.494 e. The van der Waals surface area contributed by atoms with Crippen LogP contribution >= 0.6 is 0 Å². The second-order valence-corrected chi connectivity index (χ2v) is 8.65. The maximum atomic E-state index is 12.2. The summed E-state index contributed by atoms with van der Waals surface area (Å²) in [5.74, 6) is 0.711. The molecule has 0 aliphatic heterocycles. The summed E-state index contributed by atoms with van der Waals surface area (Å²) in [6.07, 6.45) is 4.96. The zero-order valence-corrected chi connectivity index (χ0v) is 21.0.